The number of para-hydroxylation sites is 4. The third kappa shape index (κ3) is 9.78. The lowest BCUT2D eigenvalue weighted by molar-refractivity contribution is 0.487. The van der Waals surface area contributed by atoms with E-state index in [4.69, 9.17) is 9.47 Å². The van der Waals surface area contributed by atoms with Crippen molar-refractivity contribution >= 4 is 113 Å². The molecule has 0 N–H and O–H groups in total. The normalized spacial score (nSPS) is 13.1. The summed E-state index contributed by atoms with van der Waals surface area (Å²) in [6.45, 7) is 32.9. The number of ether oxygens (including phenoxy) is 2. The van der Waals surface area contributed by atoms with Crippen molar-refractivity contribution in [2.24, 2.45) is 0 Å². The minimum atomic E-state index is -0.229. The molecule has 0 saturated carbocycles. The van der Waals surface area contributed by atoms with E-state index in [-0.39, 0.29) is 37.1 Å². The highest BCUT2D eigenvalue weighted by atomic mass is 16.5. The Morgan fingerprint density at radius 3 is 1.04 bits per heavy atom. The van der Waals surface area contributed by atoms with Crippen molar-refractivity contribution in [1.82, 2.24) is 0 Å². The SMILES string of the molecule is Cc1ccc2c(c1)Oc1cc(C)cc3c1B2c1cc2c(-c4c(C(C)C)cc(C(C)C)cc4C(C)C)cc4c5c(cc6c(-c7c(C(C)C)cc(C(C)C)cc7C(C)C)cc-3c1c6c25)B1c2ccc(N(c3ccccc3)c3ccccc3)cc2Oc2cc(N(c3ccccc3)c3ccccc3)cc-4c21. The molecule has 0 bridgehead atoms. The van der Waals surface area contributed by atoms with Crippen LogP contribution in [0.25, 0.3) is 76.8 Å². The van der Waals surface area contributed by atoms with Crippen LogP contribution in [0.2, 0.25) is 0 Å². The summed E-state index contributed by atoms with van der Waals surface area (Å²) in [6, 6.07) is 88.1. The third-order valence-electron chi connectivity index (χ3n) is 23.0. The Labute approximate surface area is 603 Å². The summed E-state index contributed by atoms with van der Waals surface area (Å²) in [5, 5.41) is 7.93. The van der Waals surface area contributed by atoms with Gasteiger partial charge in [0.15, 0.2) is 0 Å². The van der Waals surface area contributed by atoms with Crippen LogP contribution in [0.1, 0.15) is 163 Å². The monoisotopic (exact) mass is 1320 g/mol. The molecular weight excluding hydrogens is 1230 g/mol. The molecule has 4 aliphatic rings. The molecule has 0 fully saturated rings. The van der Waals surface area contributed by atoms with Gasteiger partial charge in [-0.3, -0.25) is 0 Å². The molecule has 0 amide bonds. The summed E-state index contributed by atoms with van der Waals surface area (Å²) < 4.78 is 15.1. The van der Waals surface area contributed by atoms with Crippen LogP contribution in [0, 0.1) is 13.8 Å². The summed E-state index contributed by atoms with van der Waals surface area (Å²) in [5.41, 5.74) is 34.8. The zero-order valence-electron chi connectivity index (χ0n) is 61.3. The highest BCUT2D eigenvalue weighted by molar-refractivity contribution is 7.01. The summed E-state index contributed by atoms with van der Waals surface area (Å²) >= 11 is 0. The van der Waals surface area contributed by atoms with Crippen molar-refractivity contribution in [2.75, 3.05) is 9.80 Å². The number of rotatable bonds is 14. The molecule has 0 aliphatic carbocycles. The van der Waals surface area contributed by atoms with Crippen LogP contribution in [-0.2, 0) is 0 Å². The smallest absolute Gasteiger partial charge is 0.252 e. The topological polar surface area (TPSA) is 24.9 Å². The van der Waals surface area contributed by atoms with Gasteiger partial charge in [0.05, 0.1) is 5.69 Å². The maximum absolute atomic E-state index is 7.86. The van der Waals surface area contributed by atoms with Gasteiger partial charge in [-0.05, 0) is 277 Å². The molecule has 102 heavy (non-hydrogen) atoms. The van der Waals surface area contributed by atoms with Crippen molar-refractivity contribution in [3.05, 3.63) is 275 Å². The summed E-state index contributed by atoms with van der Waals surface area (Å²) in [6.07, 6.45) is 0. The zero-order valence-corrected chi connectivity index (χ0v) is 61.3. The van der Waals surface area contributed by atoms with Gasteiger partial charge in [-0.1, -0.05) is 227 Å². The van der Waals surface area contributed by atoms with E-state index in [2.05, 4.69) is 337 Å². The van der Waals surface area contributed by atoms with Crippen LogP contribution in [0.5, 0.6) is 23.0 Å². The van der Waals surface area contributed by atoms with Gasteiger partial charge in [-0.25, -0.2) is 0 Å². The fourth-order valence-corrected chi connectivity index (χ4v) is 18.2. The molecule has 0 radical (unpaired) electrons. The number of hydrogen-bond acceptors (Lipinski definition) is 4. The molecule has 0 atom stereocenters. The van der Waals surface area contributed by atoms with E-state index >= 15 is 0 Å². The van der Waals surface area contributed by atoms with Crippen LogP contribution in [0.15, 0.2) is 231 Å². The first-order valence-corrected chi connectivity index (χ1v) is 37.3. The minimum absolute atomic E-state index is 0.0965. The number of anilines is 6. The van der Waals surface area contributed by atoms with E-state index in [0.29, 0.717) is 11.8 Å². The van der Waals surface area contributed by atoms with E-state index in [1.165, 1.54) is 149 Å². The van der Waals surface area contributed by atoms with Crippen LogP contribution in [0.3, 0.4) is 0 Å². The second kappa shape index (κ2) is 24.1. The maximum atomic E-state index is 7.86. The molecule has 4 heterocycles. The highest BCUT2D eigenvalue weighted by Gasteiger charge is 2.46. The number of hydrogen-bond donors (Lipinski definition) is 0. The fraction of sp³-hybridized carbons (Fsp3) is 0.208. The van der Waals surface area contributed by atoms with Crippen LogP contribution in [0.4, 0.5) is 34.1 Å². The average Bonchev–Trinajstić information content (AvgIpc) is 0.665. The van der Waals surface area contributed by atoms with Gasteiger partial charge in [0.25, 0.3) is 13.4 Å². The lowest BCUT2D eigenvalue weighted by Crippen LogP contribution is -2.58. The van der Waals surface area contributed by atoms with Crippen molar-refractivity contribution in [2.45, 2.75) is 132 Å². The molecule has 0 saturated heterocycles. The first-order chi connectivity index (χ1) is 49.4. The van der Waals surface area contributed by atoms with Crippen molar-refractivity contribution in [3.63, 3.8) is 0 Å². The molecule has 0 unspecified atom stereocenters. The highest BCUT2D eigenvalue weighted by Crippen LogP contribution is 2.56. The van der Waals surface area contributed by atoms with Crippen molar-refractivity contribution < 1.29 is 9.47 Å². The van der Waals surface area contributed by atoms with Crippen LogP contribution < -0.4 is 52.1 Å². The van der Waals surface area contributed by atoms with Gasteiger partial charge in [-0.2, -0.15) is 0 Å². The predicted octanol–water partition coefficient (Wildman–Crippen LogP) is 23.4. The Morgan fingerprint density at radius 2 is 0.627 bits per heavy atom. The minimum Gasteiger partial charge on any atom is -0.458 e. The molecule has 4 nitrogen and oxygen atoms in total. The molecule has 4 aliphatic heterocycles. The predicted molar refractivity (Wildman–Crippen MR) is 438 cm³/mol. The summed E-state index contributed by atoms with van der Waals surface area (Å²) in [5.74, 6) is 5.23. The summed E-state index contributed by atoms with van der Waals surface area (Å²) in [4.78, 5) is 4.80. The third-order valence-corrected chi connectivity index (χ3v) is 23.0. The van der Waals surface area contributed by atoms with Crippen molar-refractivity contribution in [3.8, 4) is 67.5 Å². The van der Waals surface area contributed by atoms with Gasteiger partial charge in [0.2, 0.25) is 0 Å². The first kappa shape index (κ1) is 63.6. The second-order valence-electron chi connectivity index (χ2n) is 31.5. The van der Waals surface area contributed by atoms with E-state index in [1.807, 2.05) is 0 Å². The van der Waals surface area contributed by atoms with Crippen LogP contribution >= 0.6 is 0 Å². The quantitative estimate of drug-likeness (QED) is 0.0800. The molecule has 6 heteroatoms. The Bertz CT molecular complexity index is 5620. The molecule has 0 spiro atoms. The van der Waals surface area contributed by atoms with E-state index < -0.39 is 0 Å². The van der Waals surface area contributed by atoms with Crippen LogP contribution in [-0.4, -0.2) is 13.4 Å². The lowest BCUT2D eigenvalue weighted by atomic mass is 9.31. The zero-order chi connectivity index (χ0) is 70.0. The fourth-order valence-electron chi connectivity index (χ4n) is 18.2. The van der Waals surface area contributed by atoms with E-state index in [0.717, 1.165) is 62.6 Å². The Morgan fingerprint density at radius 1 is 0.265 bits per heavy atom. The molecule has 14 aromatic carbocycles. The molecule has 498 valence electrons. The standard InChI is InChI=1S/C96H86B2N2O2/c1-53(2)61-42-69(55(5)6)89(70(43-61)56(7)8)73-49-75-79-39-60(14)41-87-95(79)97(81-37-35-59(13)40-85(81)101-87)83-51-78-74(90-71(57(9)10)44-62(54(3)4)45-72(90)58(11)12)50-76-80-46-68(100(65-31-23-17-24-32-65)66-33-25-18-26-34-66)48-88-96(80)98(84-52-77(73)93(91(75)83)94(78)92(76)84)82-38-36-67(47-86(82)102-88)99(63-27-19-15-20-28-63)64-29-21-16-22-30-64/h15-58H,1-14H3. The van der Waals surface area contributed by atoms with Gasteiger partial charge in [0, 0.05) is 40.6 Å². The largest absolute Gasteiger partial charge is 0.458 e. The number of benzene rings is 14. The lowest BCUT2D eigenvalue weighted by Gasteiger charge is -2.39. The van der Waals surface area contributed by atoms with Gasteiger partial charge in [0.1, 0.15) is 23.0 Å². The number of aryl methyl sites for hydroxylation is 2. The first-order valence-electron chi connectivity index (χ1n) is 37.3. The van der Waals surface area contributed by atoms with E-state index in [1.54, 1.807) is 0 Å². The maximum Gasteiger partial charge on any atom is 0.252 e. The molecular formula is C96H86B2N2O2. The Kier molecular flexibility index (Phi) is 15.0. The Hall–Kier alpha value is -10.6. The van der Waals surface area contributed by atoms with Gasteiger partial charge < -0.3 is 19.3 Å². The second-order valence-corrected chi connectivity index (χ2v) is 31.5. The summed E-state index contributed by atoms with van der Waals surface area (Å²) in [7, 11) is 0. The molecule has 14 aromatic rings. The molecule has 18 rings (SSSR count). The average molecular weight is 1320 g/mol. The number of nitrogens with zero attached hydrogens (tertiary/aromatic N) is 2. The number of fused-ring (bicyclic) bond motifs is 8. The van der Waals surface area contributed by atoms with Crippen molar-refractivity contribution in [1.29, 1.82) is 0 Å². The van der Waals surface area contributed by atoms with Gasteiger partial charge >= 0.3 is 0 Å². The Balaban J connectivity index is 1.07. The molecule has 0 aromatic heterocycles. The van der Waals surface area contributed by atoms with Gasteiger partial charge in [-0.15, -0.1) is 0 Å². The van der Waals surface area contributed by atoms with E-state index in [9.17, 15) is 0 Å².